The van der Waals surface area contributed by atoms with Gasteiger partial charge >= 0.3 is 0 Å². The molecule has 0 saturated carbocycles. The second-order valence-corrected chi connectivity index (χ2v) is 8.91. The van der Waals surface area contributed by atoms with Crippen LogP contribution in [0.25, 0.3) is 0 Å². The van der Waals surface area contributed by atoms with Crippen molar-refractivity contribution in [1.82, 2.24) is 9.97 Å². The molecule has 1 aliphatic rings. The van der Waals surface area contributed by atoms with E-state index in [2.05, 4.69) is 24.9 Å². The summed E-state index contributed by atoms with van der Waals surface area (Å²) in [6.45, 7) is 1.94. The molecule has 9 nitrogen and oxygen atoms in total. The number of methoxy groups -OCH3 is 2. The van der Waals surface area contributed by atoms with Crippen molar-refractivity contribution in [2.45, 2.75) is 17.7 Å². The van der Waals surface area contributed by atoms with Crippen molar-refractivity contribution in [2.24, 2.45) is 0 Å². The monoisotopic (exact) mass is 455 g/mol. The summed E-state index contributed by atoms with van der Waals surface area (Å²) in [5, 5.41) is 3.23. The third kappa shape index (κ3) is 4.86. The number of benzene rings is 2. The molecule has 10 heteroatoms. The summed E-state index contributed by atoms with van der Waals surface area (Å²) in [7, 11) is -0.982. The number of hydrogen-bond donors (Lipinski definition) is 2. The minimum Gasteiger partial charge on any atom is -0.497 e. The molecular weight excluding hydrogens is 430 g/mol. The number of ether oxygens (including phenoxy) is 2. The predicted octanol–water partition coefficient (Wildman–Crippen LogP) is 3.64. The molecule has 0 aliphatic carbocycles. The van der Waals surface area contributed by atoms with Crippen LogP contribution in [0.1, 0.15) is 12.8 Å². The lowest BCUT2D eigenvalue weighted by atomic mass is 10.3. The van der Waals surface area contributed by atoms with Crippen molar-refractivity contribution in [1.29, 1.82) is 0 Å². The van der Waals surface area contributed by atoms with E-state index in [-0.39, 0.29) is 10.6 Å². The van der Waals surface area contributed by atoms with Crippen LogP contribution in [-0.2, 0) is 10.0 Å². The molecular formula is C22H25N5O4S. The molecule has 0 radical (unpaired) electrons. The zero-order chi connectivity index (χ0) is 22.6. The van der Waals surface area contributed by atoms with Gasteiger partial charge < -0.3 is 19.7 Å². The van der Waals surface area contributed by atoms with E-state index in [4.69, 9.17) is 9.47 Å². The van der Waals surface area contributed by atoms with Gasteiger partial charge in [-0.1, -0.05) is 0 Å². The summed E-state index contributed by atoms with van der Waals surface area (Å²) < 4.78 is 38.7. The summed E-state index contributed by atoms with van der Waals surface area (Å²) in [6, 6.07) is 13.3. The fraction of sp³-hybridized carbons (Fsp3) is 0.273. The number of aromatic nitrogens is 2. The van der Waals surface area contributed by atoms with Gasteiger partial charge in [-0.15, -0.1) is 0 Å². The van der Waals surface area contributed by atoms with Gasteiger partial charge in [0.25, 0.3) is 10.0 Å². The fourth-order valence-electron chi connectivity index (χ4n) is 3.46. The fourth-order valence-corrected chi connectivity index (χ4v) is 4.71. The standard InChI is InChI=1S/C22H25N5O4S/c1-30-18-9-10-19(31-2)20(15-18)32(28,29)26-17-7-5-16(6-8-17)24-21-11-12-23-22(25-21)27-13-3-4-14-27/h5-12,15,26H,3-4,13-14H2,1-2H3,(H,23,24,25). The SMILES string of the molecule is COc1ccc(OC)c(S(=O)(=O)Nc2ccc(Nc3ccnc(N4CCCC4)n3)cc2)c1. The van der Waals surface area contributed by atoms with Crippen LogP contribution in [0, 0.1) is 0 Å². The predicted molar refractivity (Wildman–Crippen MR) is 124 cm³/mol. The Morgan fingerprint density at radius 2 is 1.66 bits per heavy atom. The Balaban J connectivity index is 1.48. The highest BCUT2D eigenvalue weighted by Gasteiger charge is 2.21. The minimum atomic E-state index is -3.88. The number of anilines is 4. The maximum atomic E-state index is 12.9. The molecule has 4 rings (SSSR count). The lowest BCUT2D eigenvalue weighted by molar-refractivity contribution is 0.392. The van der Waals surface area contributed by atoms with Gasteiger partial charge in [-0.3, -0.25) is 4.72 Å². The lowest BCUT2D eigenvalue weighted by Crippen LogP contribution is -2.20. The number of hydrogen-bond acceptors (Lipinski definition) is 8. The topological polar surface area (TPSA) is 106 Å². The number of nitrogens with zero attached hydrogens (tertiary/aromatic N) is 3. The molecule has 0 bridgehead atoms. The summed E-state index contributed by atoms with van der Waals surface area (Å²) in [6.07, 6.45) is 4.03. The molecule has 0 atom stereocenters. The first-order valence-corrected chi connectivity index (χ1v) is 11.7. The first-order chi connectivity index (χ1) is 15.5. The van der Waals surface area contributed by atoms with E-state index in [1.165, 1.54) is 20.3 Å². The van der Waals surface area contributed by atoms with E-state index in [0.29, 0.717) is 23.2 Å². The lowest BCUT2D eigenvalue weighted by Gasteiger charge is -2.16. The van der Waals surface area contributed by atoms with Crippen molar-refractivity contribution in [3.63, 3.8) is 0 Å². The summed E-state index contributed by atoms with van der Waals surface area (Å²) in [5.74, 6) is 2.04. The number of sulfonamides is 1. The Morgan fingerprint density at radius 3 is 2.34 bits per heavy atom. The molecule has 168 valence electrons. The smallest absolute Gasteiger partial charge is 0.265 e. The Hall–Kier alpha value is -3.53. The number of nitrogens with one attached hydrogen (secondary N) is 2. The van der Waals surface area contributed by atoms with E-state index >= 15 is 0 Å². The van der Waals surface area contributed by atoms with Crippen molar-refractivity contribution in [3.05, 3.63) is 54.7 Å². The average Bonchev–Trinajstić information content (AvgIpc) is 3.35. The van der Waals surface area contributed by atoms with Crippen LogP contribution in [0.2, 0.25) is 0 Å². The quantitative estimate of drug-likeness (QED) is 0.530. The normalized spacial score (nSPS) is 13.6. The number of rotatable bonds is 8. The molecule has 2 N–H and O–H groups in total. The van der Waals surface area contributed by atoms with Crippen LogP contribution < -0.4 is 24.4 Å². The second kappa shape index (κ2) is 9.31. The van der Waals surface area contributed by atoms with Gasteiger partial charge in [0, 0.05) is 36.7 Å². The molecule has 3 aromatic rings. The second-order valence-electron chi connectivity index (χ2n) is 7.26. The first-order valence-electron chi connectivity index (χ1n) is 10.2. The van der Waals surface area contributed by atoms with Crippen molar-refractivity contribution < 1.29 is 17.9 Å². The van der Waals surface area contributed by atoms with E-state index < -0.39 is 10.0 Å². The van der Waals surface area contributed by atoms with E-state index in [1.807, 2.05) is 0 Å². The van der Waals surface area contributed by atoms with Gasteiger partial charge in [0.1, 0.15) is 22.2 Å². The first kappa shape index (κ1) is 21.7. The van der Waals surface area contributed by atoms with Gasteiger partial charge in [0.05, 0.1) is 14.2 Å². The van der Waals surface area contributed by atoms with E-state index in [0.717, 1.165) is 31.6 Å². The summed E-state index contributed by atoms with van der Waals surface area (Å²) >= 11 is 0. The highest BCUT2D eigenvalue weighted by atomic mass is 32.2. The average molecular weight is 456 g/mol. The Morgan fingerprint density at radius 1 is 0.938 bits per heavy atom. The van der Waals surface area contributed by atoms with Gasteiger partial charge in [0.15, 0.2) is 0 Å². The van der Waals surface area contributed by atoms with Gasteiger partial charge in [-0.05, 0) is 55.3 Å². The molecule has 1 saturated heterocycles. The Labute approximate surface area is 187 Å². The molecule has 1 aromatic heterocycles. The third-order valence-corrected chi connectivity index (χ3v) is 6.50. The van der Waals surface area contributed by atoms with E-state index in [9.17, 15) is 8.42 Å². The maximum Gasteiger partial charge on any atom is 0.265 e. The molecule has 2 aromatic carbocycles. The van der Waals surface area contributed by atoms with Crippen LogP contribution in [0.3, 0.4) is 0 Å². The zero-order valence-electron chi connectivity index (χ0n) is 17.9. The zero-order valence-corrected chi connectivity index (χ0v) is 18.7. The molecule has 2 heterocycles. The van der Waals surface area contributed by atoms with Gasteiger partial charge in [-0.2, -0.15) is 4.98 Å². The maximum absolute atomic E-state index is 12.9. The van der Waals surface area contributed by atoms with Crippen LogP contribution in [0.4, 0.5) is 23.1 Å². The van der Waals surface area contributed by atoms with Crippen molar-refractivity contribution in [2.75, 3.05) is 42.2 Å². The third-order valence-electron chi connectivity index (χ3n) is 5.10. The Kier molecular flexibility index (Phi) is 6.31. The molecule has 0 amide bonds. The summed E-state index contributed by atoms with van der Waals surface area (Å²) in [4.78, 5) is 11.1. The largest absolute Gasteiger partial charge is 0.497 e. The molecule has 32 heavy (non-hydrogen) atoms. The highest BCUT2D eigenvalue weighted by molar-refractivity contribution is 7.92. The van der Waals surface area contributed by atoms with E-state index in [1.54, 1.807) is 48.7 Å². The minimum absolute atomic E-state index is 0.00280. The molecule has 0 unspecified atom stereocenters. The van der Waals surface area contributed by atoms with Crippen LogP contribution in [0.5, 0.6) is 11.5 Å². The van der Waals surface area contributed by atoms with Gasteiger partial charge in [0.2, 0.25) is 5.95 Å². The van der Waals surface area contributed by atoms with Crippen LogP contribution in [-0.4, -0.2) is 45.7 Å². The van der Waals surface area contributed by atoms with Crippen LogP contribution >= 0.6 is 0 Å². The molecule has 1 fully saturated rings. The van der Waals surface area contributed by atoms with Gasteiger partial charge in [-0.25, -0.2) is 13.4 Å². The molecule has 1 aliphatic heterocycles. The van der Waals surface area contributed by atoms with Crippen molar-refractivity contribution in [3.8, 4) is 11.5 Å². The highest BCUT2D eigenvalue weighted by Crippen LogP contribution is 2.30. The Bertz CT molecular complexity index is 1180. The summed E-state index contributed by atoms with van der Waals surface area (Å²) in [5.41, 5.74) is 1.19. The van der Waals surface area contributed by atoms with Crippen LogP contribution in [0.15, 0.2) is 59.6 Å². The van der Waals surface area contributed by atoms with Crippen molar-refractivity contribution >= 4 is 33.2 Å². The molecule has 0 spiro atoms.